The van der Waals surface area contributed by atoms with E-state index in [0.717, 1.165) is 0 Å². The molecule has 0 spiro atoms. The highest BCUT2D eigenvalue weighted by Crippen LogP contribution is 2.42. The summed E-state index contributed by atoms with van der Waals surface area (Å²) in [5.41, 5.74) is 0.349. The van der Waals surface area contributed by atoms with Crippen LogP contribution in [0.2, 0.25) is 0 Å². The second-order valence-corrected chi connectivity index (χ2v) is 7.96. The zero-order valence-corrected chi connectivity index (χ0v) is 17.5. The molecular formula is C24H23NO7. The number of esters is 2. The van der Waals surface area contributed by atoms with E-state index in [2.05, 4.69) is 0 Å². The summed E-state index contributed by atoms with van der Waals surface area (Å²) in [7, 11) is 1.26. The molecule has 2 heterocycles. The van der Waals surface area contributed by atoms with Crippen LogP contribution in [0.1, 0.15) is 50.3 Å². The number of ether oxygens (including phenoxy) is 2. The highest BCUT2D eigenvalue weighted by atomic mass is 16.6. The lowest BCUT2D eigenvalue weighted by molar-refractivity contribution is -0.155. The summed E-state index contributed by atoms with van der Waals surface area (Å²) in [6, 6.07) is 13.7. The van der Waals surface area contributed by atoms with Crippen LogP contribution in [0.5, 0.6) is 0 Å². The summed E-state index contributed by atoms with van der Waals surface area (Å²) in [5, 5.41) is 9.49. The van der Waals surface area contributed by atoms with Crippen molar-refractivity contribution in [3.05, 3.63) is 71.3 Å². The van der Waals surface area contributed by atoms with Crippen LogP contribution >= 0.6 is 0 Å². The fourth-order valence-corrected chi connectivity index (χ4v) is 4.82. The van der Waals surface area contributed by atoms with Gasteiger partial charge in [0.25, 0.3) is 5.91 Å². The molecule has 8 heteroatoms. The van der Waals surface area contributed by atoms with Gasteiger partial charge in [-0.25, -0.2) is 9.59 Å². The number of carbonyl (C=O) groups excluding carboxylic acids is 3. The number of carbonyl (C=O) groups is 4. The molecule has 2 aromatic rings. The van der Waals surface area contributed by atoms with Gasteiger partial charge in [0.1, 0.15) is 12.0 Å². The topological polar surface area (TPSA) is 110 Å². The van der Waals surface area contributed by atoms with Gasteiger partial charge in [-0.15, -0.1) is 0 Å². The van der Waals surface area contributed by atoms with Gasteiger partial charge in [0.05, 0.1) is 23.8 Å². The summed E-state index contributed by atoms with van der Waals surface area (Å²) in [6.45, 7) is 0. The van der Waals surface area contributed by atoms with E-state index in [9.17, 15) is 24.3 Å². The Morgan fingerprint density at radius 2 is 1.59 bits per heavy atom. The van der Waals surface area contributed by atoms with Crippen LogP contribution in [0.15, 0.2) is 54.6 Å². The van der Waals surface area contributed by atoms with E-state index in [1.165, 1.54) is 19.2 Å². The van der Waals surface area contributed by atoms with Crippen molar-refractivity contribution in [1.82, 2.24) is 4.90 Å². The zero-order valence-electron chi connectivity index (χ0n) is 17.5. The minimum atomic E-state index is -1.20. The molecule has 0 unspecified atom stereocenters. The molecule has 4 atom stereocenters. The Balaban J connectivity index is 1.63. The lowest BCUT2D eigenvalue weighted by atomic mass is 9.86. The van der Waals surface area contributed by atoms with E-state index in [0.29, 0.717) is 18.4 Å². The van der Waals surface area contributed by atoms with Crippen LogP contribution in [0.3, 0.4) is 0 Å². The summed E-state index contributed by atoms with van der Waals surface area (Å²) < 4.78 is 10.7. The zero-order chi connectivity index (χ0) is 22.8. The highest BCUT2D eigenvalue weighted by Gasteiger charge is 2.54. The van der Waals surface area contributed by atoms with E-state index in [4.69, 9.17) is 9.47 Å². The maximum absolute atomic E-state index is 13.4. The first-order valence-corrected chi connectivity index (χ1v) is 10.4. The summed E-state index contributed by atoms with van der Waals surface area (Å²) in [4.78, 5) is 51.9. The second-order valence-electron chi connectivity index (χ2n) is 7.96. The molecular weight excluding hydrogens is 414 g/mol. The molecule has 32 heavy (non-hydrogen) atoms. The molecule has 0 radical (unpaired) electrons. The number of amides is 1. The van der Waals surface area contributed by atoms with Gasteiger partial charge in [-0.3, -0.25) is 9.59 Å². The van der Waals surface area contributed by atoms with Crippen LogP contribution in [0, 0.1) is 5.92 Å². The summed E-state index contributed by atoms with van der Waals surface area (Å²) in [6.07, 6.45) is 0.686. The largest absolute Gasteiger partial charge is 0.478 e. The molecule has 1 amide bonds. The first-order valence-electron chi connectivity index (χ1n) is 10.4. The maximum Gasteiger partial charge on any atom is 0.338 e. The average molecular weight is 437 g/mol. The average Bonchev–Trinajstić information content (AvgIpc) is 3.12. The second kappa shape index (κ2) is 8.82. The summed E-state index contributed by atoms with van der Waals surface area (Å²) >= 11 is 0. The number of benzene rings is 2. The molecule has 2 fully saturated rings. The Labute approximate surface area is 184 Å². The number of hydrogen-bond donors (Lipinski definition) is 1. The fourth-order valence-electron chi connectivity index (χ4n) is 4.82. The van der Waals surface area contributed by atoms with Gasteiger partial charge < -0.3 is 19.5 Å². The molecule has 2 saturated heterocycles. The lowest BCUT2D eigenvalue weighted by Crippen LogP contribution is -2.57. The molecule has 1 N–H and O–H groups in total. The van der Waals surface area contributed by atoms with Crippen molar-refractivity contribution in [2.24, 2.45) is 5.92 Å². The van der Waals surface area contributed by atoms with Gasteiger partial charge in [-0.2, -0.15) is 0 Å². The Kier molecular flexibility index (Phi) is 5.94. The van der Waals surface area contributed by atoms with E-state index in [-0.39, 0.29) is 23.6 Å². The minimum absolute atomic E-state index is 0.0697. The number of rotatable bonds is 5. The van der Waals surface area contributed by atoms with E-state index >= 15 is 0 Å². The van der Waals surface area contributed by atoms with Crippen molar-refractivity contribution in [3.63, 3.8) is 0 Å². The van der Waals surface area contributed by atoms with Gasteiger partial charge in [0.2, 0.25) is 0 Å². The predicted octanol–water partition coefficient (Wildman–Crippen LogP) is 2.78. The van der Waals surface area contributed by atoms with Crippen LogP contribution in [-0.2, 0) is 14.3 Å². The molecule has 8 nitrogen and oxygen atoms in total. The van der Waals surface area contributed by atoms with Crippen LogP contribution < -0.4 is 0 Å². The van der Waals surface area contributed by atoms with E-state index in [1.807, 2.05) is 0 Å². The lowest BCUT2D eigenvalue weighted by Gasteiger charge is -2.42. The number of carboxylic acid groups (broad SMARTS) is 1. The molecule has 2 aliphatic heterocycles. The molecule has 2 bridgehead atoms. The van der Waals surface area contributed by atoms with Crippen molar-refractivity contribution < 1.29 is 33.8 Å². The van der Waals surface area contributed by atoms with Gasteiger partial charge >= 0.3 is 17.9 Å². The SMILES string of the molecule is COC(=O)[C@H]1[C@@H](OC(=O)c2ccccc2)C[C@@H]2CC[C@H]1N2C(=O)c1ccccc1C(=O)O. The molecule has 0 aromatic heterocycles. The van der Waals surface area contributed by atoms with Gasteiger partial charge in [0, 0.05) is 18.5 Å². The molecule has 4 rings (SSSR count). The van der Waals surface area contributed by atoms with Crippen molar-refractivity contribution in [3.8, 4) is 0 Å². The number of nitrogens with zero attached hydrogens (tertiary/aromatic N) is 1. The van der Waals surface area contributed by atoms with Crippen molar-refractivity contribution in [1.29, 1.82) is 0 Å². The van der Waals surface area contributed by atoms with Crippen LogP contribution in [0.25, 0.3) is 0 Å². The number of aromatic carboxylic acids is 1. The third kappa shape index (κ3) is 3.84. The minimum Gasteiger partial charge on any atom is -0.478 e. The highest BCUT2D eigenvalue weighted by molar-refractivity contribution is 6.05. The monoisotopic (exact) mass is 437 g/mol. The van der Waals surface area contributed by atoms with Crippen molar-refractivity contribution in [2.75, 3.05) is 7.11 Å². The van der Waals surface area contributed by atoms with Crippen LogP contribution in [-0.4, -0.2) is 59.1 Å². The first-order chi connectivity index (χ1) is 15.4. The van der Waals surface area contributed by atoms with Crippen molar-refractivity contribution in [2.45, 2.75) is 37.5 Å². The standard InChI is InChI=1S/C24H23NO7/c1-31-24(30)20-18-12-11-15(13-19(20)32-23(29)14-7-3-2-4-8-14)25(18)21(26)16-9-5-6-10-17(16)22(27)28/h2-10,15,18-20H,11-13H2,1H3,(H,27,28)/t15-,18+,19-,20+/m0/s1. The van der Waals surface area contributed by atoms with E-state index in [1.54, 1.807) is 47.4 Å². The molecule has 166 valence electrons. The Morgan fingerprint density at radius 1 is 0.938 bits per heavy atom. The smallest absolute Gasteiger partial charge is 0.338 e. The number of methoxy groups -OCH3 is 1. The normalized spacial score (nSPS) is 24.0. The van der Waals surface area contributed by atoms with Gasteiger partial charge in [-0.05, 0) is 37.1 Å². The number of carboxylic acids is 1. The number of fused-ring (bicyclic) bond motifs is 2. The third-order valence-corrected chi connectivity index (χ3v) is 6.23. The Hall–Kier alpha value is -3.68. The fraction of sp³-hybridized carbons (Fsp3) is 0.333. The molecule has 0 aliphatic carbocycles. The van der Waals surface area contributed by atoms with E-state index < -0.39 is 41.9 Å². The third-order valence-electron chi connectivity index (χ3n) is 6.23. The first kappa shape index (κ1) is 21.5. The quantitative estimate of drug-likeness (QED) is 0.716. The van der Waals surface area contributed by atoms with Crippen LogP contribution in [0.4, 0.5) is 0 Å². The van der Waals surface area contributed by atoms with Gasteiger partial charge in [-0.1, -0.05) is 30.3 Å². The Morgan fingerprint density at radius 3 is 2.25 bits per heavy atom. The predicted molar refractivity (Wildman–Crippen MR) is 112 cm³/mol. The summed E-state index contributed by atoms with van der Waals surface area (Å²) in [5.74, 6) is -3.60. The number of piperidine rings is 1. The Bertz CT molecular complexity index is 1050. The molecule has 0 saturated carbocycles. The van der Waals surface area contributed by atoms with Gasteiger partial charge in [0.15, 0.2) is 0 Å². The maximum atomic E-state index is 13.4. The molecule has 2 aromatic carbocycles. The van der Waals surface area contributed by atoms with Crippen molar-refractivity contribution >= 4 is 23.8 Å². The molecule has 2 aliphatic rings. The number of hydrogen-bond acceptors (Lipinski definition) is 6.